The molecule has 4 amide bonds. The molecule has 0 unspecified atom stereocenters. The Balaban J connectivity index is 1.97. The standard InChI is InChI=1S/C20H27N3O5/c1-5-20(6-2)18(26)22(19(27)21-20)12-17(25)28-13-16(24)23(14(3)4)15-10-8-7-9-11-15/h7-11,14H,5-6,12-13H2,1-4H3,(H,21,27). The van der Waals surface area contributed by atoms with E-state index in [0.717, 1.165) is 4.90 Å². The number of esters is 1. The summed E-state index contributed by atoms with van der Waals surface area (Å²) in [5.74, 6) is -1.64. The molecule has 2 rings (SSSR count). The molecule has 0 aromatic heterocycles. The minimum atomic E-state index is -0.977. The summed E-state index contributed by atoms with van der Waals surface area (Å²) < 4.78 is 5.05. The second-order valence-corrected chi connectivity index (χ2v) is 6.96. The molecule has 0 aliphatic carbocycles. The van der Waals surface area contributed by atoms with Crippen molar-refractivity contribution in [3.8, 4) is 0 Å². The van der Waals surface area contributed by atoms with Crippen LogP contribution < -0.4 is 10.2 Å². The van der Waals surface area contributed by atoms with Gasteiger partial charge in [-0.3, -0.25) is 19.3 Å². The normalized spacial score (nSPS) is 15.5. The Morgan fingerprint density at radius 3 is 2.25 bits per heavy atom. The molecule has 1 aliphatic rings. The summed E-state index contributed by atoms with van der Waals surface area (Å²) in [5, 5.41) is 2.65. The van der Waals surface area contributed by atoms with Gasteiger partial charge in [-0.15, -0.1) is 0 Å². The fourth-order valence-electron chi connectivity index (χ4n) is 3.25. The zero-order valence-electron chi connectivity index (χ0n) is 16.7. The number of rotatable bonds is 8. The third-order valence-electron chi connectivity index (χ3n) is 4.92. The first-order valence-electron chi connectivity index (χ1n) is 9.42. The Kier molecular flexibility index (Phi) is 6.77. The van der Waals surface area contributed by atoms with Crippen molar-refractivity contribution in [1.29, 1.82) is 0 Å². The molecular weight excluding hydrogens is 362 g/mol. The maximum absolute atomic E-state index is 12.5. The van der Waals surface area contributed by atoms with E-state index < -0.39 is 36.6 Å². The molecule has 152 valence electrons. The van der Waals surface area contributed by atoms with Crippen LogP contribution >= 0.6 is 0 Å². The van der Waals surface area contributed by atoms with Crippen molar-refractivity contribution < 1.29 is 23.9 Å². The van der Waals surface area contributed by atoms with E-state index >= 15 is 0 Å². The number of para-hydroxylation sites is 1. The van der Waals surface area contributed by atoms with Crippen LogP contribution in [0.5, 0.6) is 0 Å². The van der Waals surface area contributed by atoms with E-state index in [1.165, 1.54) is 4.90 Å². The first-order chi connectivity index (χ1) is 13.3. The summed E-state index contributed by atoms with van der Waals surface area (Å²) in [7, 11) is 0. The van der Waals surface area contributed by atoms with Gasteiger partial charge in [0.2, 0.25) is 0 Å². The molecule has 1 aromatic rings. The van der Waals surface area contributed by atoms with Crippen molar-refractivity contribution in [3.05, 3.63) is 30.3 Å². The lowest BCUT2D eigenvalue weighted by Gasteiger charge is -2.26. The van der Waals surface area contributed by atoms with Gasteiger partial charge in [-0.1, -0.05) is 32.0 Å². The minimum Gasteiger partial charge on any atom is -0.454 e. The predicted octanol–water partition coefficient (Wildman–Crippen LogP) is 2.08. The molecular formula is C20H27N3O5. The molecule has 0 saturated carbocycles. The lowest BCUT2D eigenvalue weighted by molar-refractivity contribution is -0.150. The molecule has 1 fully saturated rings. The van der Waals surface area contributed by atoms with Gasteiger partial charge in [-0.05, 0) is 38.8 Å². The molecule has 1 aromatic carbocycles. The van der Waals surface area contributed by atoms with Crippen LogP contribution in [0.2, 0.25) is 0 Å². The van der Waals surface area contributed by atoms with Crippen molar-refractivity contribution in [2.45, 2.75) is 52.1 Å². The van der Waals surface area contributed by atoms with E-state index in [2.05, 4.69) is 5.32 Å². The van der Waals surface area contributed by atoms with Crippen LogP contribution in [0, 0.1) is 0 Å². The number of benzene rings is 1. The maximum atomic E-state index is 12.5. The summed E-state index contributed by atoms with van der Waals surface area (Å²) in [6, 6.07) is 8.31. The Morgan fingerprint density at radius 2 is 1.75 bits per heavy atom. The molecule has 0 atom stereocenters. The number of carbonyl (C=O) groups is 4. The molecule has 1 N–H and O–H groups in total. The average molecular weight is 389 g/mol. The van der Waals surface area contributed by atoms with Crippen molar-refractivity contribution in [1.82, 2.24) is 10.2 Å². The first kappa shape index (κ1) is 21.4. The van der Waals surface area contributed by atoms with Crippen molar-refractivity contribution in [2.75, 3.05) is 18.1 Å². The highest BCUT2D eigenvalue weighted by Crippen LogP contribution is 2.24. The minimum absolute atomic E-state index is 0.130. The summed E-state index contributed by atoms with van der Waals surface area (Å²) >= 11 is 0. The molecule has 28 heavy (non-hydrogen) atoms. The fraction of sp³-hybridized carbons (Fsp3) is 0.500. The third kappa shape index (κ3) is 4.32. The Hall–Kier alpha value is -2.90. The van der Waals surface area contributed by atoms with Gasteiger partial charge in [-0.25, -0.2) is 4.79 Å². The number of amides is 4. The van der Waals surface area contributed by atoms with Crippen LogP contribution in [0.1, 0.15) is 40.5 Å². The largest absolute Gasteiger partial charge is 0.454 e. The first-order valence-corrected chi connectivity index (χ1v) is 9.42. The van der Waals surface area contributed by atoms with Crippen LogP contribution in [-0.2, 0) is 19.1 Å². The quantitative estimate of drug-likeness (QED) is 0.542. The van der Waals surface area contributed by atoms with Crippen molar-refractivity contribution in [3.63, 3.8) is 0 Å². The second-order valence-electron chi connectivity index (χ2n) is 6.96. The van der Waals surface area contributed by atoms with Crippen LogP contribution in [0.3, 0.4) is 0 Å². The lowest BCUT2D eigenvalue weighted by atomic mass is 9.93. The average Bonchev–Trinajstić information content (AvgIpc) is 2.91. The van der Waals surface area contributed by atoms with Crippen LogP contribution in [-0.4, -0.2) is 53.4 Å². The van der Waals surface area contributed by atoms with E-state index in [1.807, 2.05) is 32.0 Å². The zero-order chi connectivity index (χ0) is 20.9. The number of nitrogens with zero attached hydrogens (tertiary/aromatic N) is 2. The summed E-state index contributed by atoms with van der Waals surface area (Å²) in [5.41, 5.74) is -0.280. The zero-order valence-corrected chi connectivity index (χ0v) is 16.7. The number of hydrogen-bond donors (Lipinski definition) is 1. The van der Waals surface area contributed by atoms with E-state index in [4.69, 9.17) is 4.74 Å². The summed E-state index contributed by atoms with van der Waals surface area (Å²) in [6.07, 6.45) is 0.858. The third-order valence-corrected chi connectivity index (χ3v) is 4.92. The summed E-state index contributed by atoms with van der Waals surface area (Å²) in [6.45, 7) is 6.32. The highest BCUT2D eigenvalue weighted by atomic mass is 16.5. The van der Waals surface area contributed by atoms with Gasteiger partial charge < -0.3 is 15.0 Å². The SMILES string of the molecule is CCC1(CC)NC(=O)N(CC(=O)OCC(=O)N(c2ccccc2)C(C)C)C1=O. The lowest BCUT2D eigenvalue weighted by Crippen LogP contribution is -2.46. The molecule has 8 heteroatoms. The molecule has 0 spiro atoms. The number of nitrogens with one attached hydrogen (secondary N) is 1. The van der Waals surface area contributed by atoms with E-state index in [1.54, 1.807) is 26.0 Å². The molecule has 8 nitrogen and oxygen atoms in total. The number of imide groups is 1. The van der Waals surface area contributed by atoms with Crippen molar-refractivity contribution >= 4 is 29.5 Å². The van der Waals surface area contributed by atoms with Gasteiger partial charge in [0.05, 0.1) is 0 Å². The molecule has 1 heterocycles. The van der Waals surface area contributed by atoms with Crippen LogP contribution in [0.15, 0.2) is 30.3 Å². The highest BCUT2D eigenvalue weighted by Gasteiger charge is 2.49. The van der Waals surface area contributed by atoms with Gasteiger partial charge in [0.1, 0.15) is 12.1 Å². The van der Waals surface area contributed by atoms with Crippen LogP contribution in [0.25, 0.3) is 0 Å². The highest BCUT2D eigenvalue weighted by molar-refractivity contribution is 6.08. The number of hydrogen-bond acceptors (Lipinski definition) is 5. The smallest absolute Gasteiger partial charge is 0.326 e. The number of carbonyl (C=O) groups excluding carboxylic acids is 4. The van der Waals surface area contributed by atoms with E-state index in [9.17, 15) is 19.2 Å². The Morgan fingerprint density at radius 1 is 1.14 bits per heavy atom. The number of anilines is 1. The van der Waals surface area contributed by atoms with Gasteiger partial charge in [0, 0.05) is 11.7 Å². The van der Waals surface area contributed by atoms with Gasteiger partial charge in [0.25, 0.3) is 11.8 Å². The van der Waals surface area contributed by atoms with E-state index in [-0.39, 0.29) is 11.9 Å². The van der Waals surface area contributed by atoms with Crippen LogP contribution in [0.4, 0.5) is 10.5 Å². The molecule has 1 aliphatic heterocycles. The molecule has 0 radical (unpaired) electrons. The fourth-order valence-corrected chi connectivity index (χ4v) is 3.25. The number of ether oxygens (including phenoxy) is 1. The second kappa shape index (κ2) is 8.86. The van der Waals surface area contributed by atoms with Gasteiger partial charge in [-0.2, -0.15) is 0 Å². The maximum Gasteiger partial charge on any atom is 0.326 e. The summed E-state index contributed by atoms with van der Waals surface area (Å²) in [4.78, 5) is 51.7. The van der Waals surface area contributed by atoms with Gasteiger partial charge in [0.15, 0.2) is 6.61 Å². The van der Waals surface area contributed by atoms with Gasteiger partial charge >= 0.3 is 12.0 Å². The Labute approximate surface area is 164 Å². The van der Waals surface area contributed by atoms with Crippen molar-refractivity contribution in [2.24, 2.45) is 0 Å². The molecule has 1 saturated heterocycles. The number of urea groups is 1. The topological polar surface area (TPSA) is 96.0 Å². The predicted molar refractivity (Wildman–Crippen MR) is 104 cm³/mol. The Bertz CT molecular complexity index is 743. The van der Waals surface area contributed by atoms with E-state index in [0.29, 0.717) is 18.5 Å². The monoisotopic (exact) mass is 389 g/mol. The molecule has 0 bridgehead atoms.